The van der Waals surface area contributed by atoms with Crippen molar-refractivity contribution in [2.45, 2.75) is 17.7 Å². The molecule has 1 heterocycles. The second-order valence-corrected chi connectivity index (χ2v) is 9.13. The first-order chi connectivity index (χ1) is 15.2. The lowest BCUT2D eigenvalue weighted by Gasteiger charge is -2.09. The number of carbonyl (C=O) groups is 1. The molecule has 0 aliphatic carbocycles. The second-order valence-electron chi connectivity index (χ2n) is 7.11. The Morgan fingerprint density at radius 3 is 2.59 bits per heavy atom. The van der Waals surface area contributed by atoms with Gasteiger partial charge in [-0.2, -0.15) is 5.10 Å². The van der Waals surface area contributed by atoms with E-state index in [1.54, 1.807) is 10.9 Å². The van der Waals surface area contributed by atoms with Gasteiger partial charge in [0.25, 0.3) is 5.69 Å². The van der Waals surface area contributed by atoms with E-state index in [0.29, 0.717) is 6.42 Å². The number of nitrogens with zero attached hydrogens (tertiary/aromatic N) is 3. The van der Waals surface area contributed by atoms with E-state index in [-0.39, 0.29) is 41.7 Å². The molecule has 0 radical (unpaired) electrons. The maximum atomic E-state index is 12.1. The number of hydrogen-bond donors (Lipinski definition) is 2. The summed E-state index contributed by atoms with van der Waals surface area (Å²) in [4.78, 5) is 22.6. The molecule has 3 aromatic rings. The number of nitro groups is 1. The minimum Gasteiger partial charge on any atom is -0.378 e. The molecule has 0 atom stereocenters. The van der Waals surface area contributed by atoms with E-state index < -0.39 is 14.8 Å². The normalized spacial score (nSPS) is 11.2. The highest BCUT2D eigenvalue weighted by Gasteiger charge is 2.18. The fourth-order valence-corrected chi connectivity index (χ4v) is 3.64. The van der Waals surface area contributed by atoms with E-state index >= 15 is 0 Å². The van der Waals surface area contributed by atoms with Gasteiger partial charge in [-0.05, 0) is 36.2 Å². The summed E-state index contributed by atoms with van der Waals surface area (Å²) in [7, 11) is -3.55. The average molecular weight is 458 g/mol. The van der Waals surface area contributed by atoms with Gasteiger partial charge in [-0.25, -0.2) is 13.1 Å². The fraction of sp³-hybridized carbons (Fsp3) is 0.238. The number of aryl methyl sites for hydroxylation is 1. The van der Waals surface area contributed by atoms with Crippen LogP contribution in [-0.2, 0) is 21.1 Å². The number of benzene rings is 2. The molecule has 1 amide bonds. The SMILES string of the molecule is CS(=O)(=O)c1ccc(NCCNC(=O)CCc2cnn(-c3ccccc3)c2)c([N+](=O)[O-])c1. The topological polar surface area (TPSA) is 136 Å². The summed E-state index contributed by atoms with van der Waals surface area (Å²) in [6.07, 6.45) is 5.40. The van der Waals surface area contributed by atoms with E-state index in [4.69, 9.17) is 0 Å². The summed E-state index contributed by atoms with van der Waals surface area (Å²) in [6, 6.07) is 13.3. The highest BCUT2D eigenvalue weighted by molar-refractivity contribution is 7.90. The van der Waals surface area contributed by atoms with Gasteiger partial charge in [0.1, 0.15) is 5.69 Å². The summed E-state index contributed by atoms with van der Waals surface area (Å²) < 4.78 is 24.9. The van der Waals surface area contributed by atoms with Crippen molar-refractivity contribution in [2.75, 3.05) is 24.7 Å². The molecule has 0 aliphatic rings. The predicted octanol–water partition coefficient (Wildman–Crippen LogP) is 2.34. The van der Waals surface area contributed by atoms with Crippen LogP contribution in [0.25, 0.3) is 5.69 Å². The van der Waals surface area contributed by atoms with E-state index in [1.165, 1.54) is 12.1 Å². The molecule has 32 heavy (non-hydrogen) atoms. The number of nitro benzene ring substituents is 1. The molecule has 0 saturated heterocycles. The Balaban J connectivity index is 1.46. The van der Waals surface area contributed by atoms with Crippen LogP contribution < -0.4 is 10.6 Å². The molecular weight excluding hydrogens is 434 g/mol. The van der Waals surface area contributed by atoms with Gasteiger partial charge in [-0.3, -0.25) is 14.9 Å². The molecule has 11 heteroatoms. The zero-order valence-electron chi connectivity index (χ0n) is 17.4. The molecule has 0 bridgehead atoms. The summed E-state index contributed by atoms with van der Waals surface area (Å²) in [5, 5.41) is 21.2. The van der Waals surface area contributed by atoms with Crippen molar-refractivity contribution >= 4 is 27.1 Å². The Kier molecular flexibility index (Phi) is 7.21. The van der Waals surface area contributed by atoms with Crippen LogP contribution in [0.5, 0.6) is 0 Å². The van der Waals surface area contributed by atoms with E-state index in [9.17, 15) is 23.3 Å². The first kappa shape index (κ1) is 22.9. The molecule has 0 saturated carbocycles. The van der Waals surface area contributed by atoms with E-state index in [1.807, 2.05) is 36.5 Å². The first-order valence-electron chi connectivity index (χ1n) is 9.82. The number of aromatic nitrogens is 2. The van der Waals surface area contributed by atoms with Crippen LogP contribution in [0.4, 0.5) is 11.4 Å². The van der Waals surface area contributed by atoms with E-state index in [2.05, 4.69) is 15.7 Å². The van der Waals surface area contributed by atoms with Crippen LogP contribution in [0.15, 0.2) is 65.8 Å². The molecule has 168 valence electrons. The highest BCUT2D eigenvalue weighted by Crippen LogP contribution is 2.27. The molecule has 0 fully saturated rings. The van der Waals surface area contributed by atoms with Gasteiger partial charge in [-0.15, -0.1) is 0 Å². The lowest BCUT2D eigenvalue weighted by molar-refractivity contribution is -0.384. The summed E-state index contributed by atoms with van der Waals surface area (Å²) in [5.74, 6) is -0.152. The number of rotatable bonds is 10. The Labute approximate surface area is 185 Å². The molecular formula is C21H23N5O5S. The van der Waals surface area contributed by atoms with Crippen LogP contribution in [0.2, 0.25) is 0 Å². The Morgan fingerprint density at radius 2 is 1.91 bits per heavy atom. The third-order valence-electron chi connectivity index (χ3n) is 4.65. The number of hydrogen-bond acceptors (Lipinski definition) is 7. The largest absolute Gasteiger partial charge is 0.378 e. The Bertz CT molecular complexity index is 1210. The third kappa shape index (κ3) is 6.14. The van der Waals surface area contributed by atoms with Crippen LogP contribution in [0.3, 0.4) is 0 Å². The number of carbonyl (C=O) groups excluding carboxylic acids is 1. The minimum absolute atomic E-state index is 0.126. The molecule has 0 aliphatic heterocycles. The van der Waals surface area contributed by atoms with Crippen LogP contribution >= 0.6 is 0 Å². The molecule has 10 nitrogen and oxygen atoms in total. The lowest BCUT2D eigenvalue weighted by atomic mass is 10.2. The first-order valence-corrected chi connectivity index (χ1v) is 11.7. The maximum absolute atomic E-state index is 12.1. The van der Waals surface area contributed by atoms with Gasteiger partial charge in [0.2, 0.25) is 5.91 Å². The van der Waals surface area contributed by atoms with Gasteiger partial charge >= 0.3 is 0 Å². The van der Waals surface area contributed by atoms with Crippen LogP contribution in [0, 0.1) is 10.1 Å². The van der Waals surface area contributed by atoms with Crippen LogP contribution in [0.1, 0.15) is 12.0 Å². The summed E-state index contributed by atoms with van der Waals surface area (Å²) in [5.41, 5.74) is 1.72. The monoisotopic (exact) mass is 457 g/mol. The molecule has 1 aromatic heterocycles. The van der Waals surface area contributed by atoms with Gasteiger partial charge in [0, 0.05) is 38.0 Å². The number of anilines is 1. The smallest absolute Gasteiger partial charge is 0.293 e. The fourth-order valence-electron chi connectivity index (χ4n) is 3.00. The quantitative estimate of drug-likeness (QED) is 0.271. The highest BCUT2D eigenvalue weighted by atomic mass is 32.2. The van der Waals surface area contributed by atoms with Crippen molar-refractivity contribution in [3.8, 4) is 5.69 Å². The molecule has 3 rings (SSSR count). The van der Waals surface area contributed by atoms with Crippen molar-refractivity contribution in [3.05, 3.63) is 76.6 Å². The average Bonchev–Trinajstić information content (AvgIpc) is 3.24. The molecule has 0 unspecified atom stereocenters. The lowest BCUT2D eigenvalue weighted by Crippen LogP contribution is -2.29. The minimum atomic E-state index is -3.55. The molecule has 2 N–H and O–H groups in total. The maximum Gasteiger partial charge on any atom is 0.293 e. The Hall–Kier alpha value is -3.73. The van der Waals surface area contributed by atoms with Gasteiger partial charge in [0.15, 0.2) is 9.84 Å². The van der Waals surface area contributed by atoms with Crippen molar-refractivity contribution < 1.29 is 18.1 Å². The Morgan fingerprint density at radius 1 is 1.16 bits per heavy atom. The zero-order chi connectivity index (χ0) is 23.1. The zero-order valence-corrected chi connectivity index (χ0v) is 18.2. The van der Waals surface area contributed by atoms with Crippen molar-refractivity contribution in [3.63, 3.8) is 0 Å². The summed E-state index contributed by atoms with van der Waals surface area (Å²) in [6.45, 7) is 0.504. The van der Waals surface area contributed by atoms with Gasteiger partial charge in [0.05, 0.1) is 21.7 Å². The van der Waals surface area contributed by atoms with Crippen LogP contribution in [-0.4, -0.2) is 48.4 Å². The third-order valence-corrected chi connectivity index (χ3v) is 5.76. The number of amides is 1. The number of para-hydroxylation sites is 1. The van der Waals surface area contributed by atoms with Crippen molar-refractivity contribution in [1.29, 1.82) is 0 Å². The summed E-state index contributed by atoms with van der Waals surface area (Å²) >= 11 is 0. The molecule has 2 aromatic carbocycles. The number of nitrogens with one attached hydrogen (secondary N) is 2. The van der Waals surface area contributed by atoms with Crippen molar-refractivity contribution in [2.24, 2.45) is 0 Å². The van der Waals surface area contributed by atoms with Gasteiger partial charge in [-0.1, -0.05) is 18.2 Å². The standard InChI is InChI=1S/C21H23N5O5S/c1-32(30,31)18-8-9-19(20(13-18)26(28)29)22-11-12-23-21(27)10-7-16-14-24-25(15-16)17-5-3-2-4-6-17/h2-6,8-9,13-15,22H,7,10-12H2,1H3,(H,23,27). The van der Waals surface area contributed by atoms with Crippen molar-refractivity contribution in [1.82, 2.24) is 15.1 Å². The van der Waals surface area contributed by atoms with Gasteiger partial charge < -0.3 is 10.6 Å². The second kappa shape index (κ2) is 10.1. The number of sulfone groups is 1. The van der Waals surface area contributed by atoms with E-state index in [0.717, 1.165) is 23.6 Å². The molecule has 0 spiro atoms. The predicted molar refractivity (Wildman–Crippen MR) is 120 cm³/mol.